The molecule has 5 aliphatic carbocycles. The molecule has 0 saturated heterocycles. The number of fused-ring (bicyclic) bond motifs is 5. The second-order valence-electron chi connectivity index (χ2n) is 13.3. The average molecular weight is 484 g/mol. The highest BCUT2D eigenvalue weighted by Gasteiger charge is 2.63. The zero-order valence-corrected chi connectivity index (χ0v) is 22.0. The minimum atomic E-state index is -0.245. The third-order valence-electron chi connectivity index (χ3n) is 11.8. The third-order valence-corrected chi connectivity index (χ3v) is 11.8. The highest BCUT2D eigenvalue weighted by Crippen LogP contribution is 2.68. The van der Waals surface area contributed by atoms with E-state index < -0.39 is 0 Å². The predicted molar refractivity (Wildman–Crippen MR) is 134 cm³/mol. The van der Waals surface area contributed by atoms with Crippen molar-refractivity contribution in [1.29, 1.82) is 0 Å². The molecule has 9 atom stereocenters. The van der Waals surface area contributed by atoms with Crippen LogP contribution in [0.2, 0.25) is 0 Å². The van der Waals surface area contributed by atoms with Crippen molar-refractivity contribution < 1.29 is 14.6 Å². The zero-order valence-electron chi connectivity index (χ0n) is 22.0. The van der Waals surface area contributed by atoms with Crippen LogP contribution in [0, 0.1) is 34.5 Å². The van der Waals surface area contributed by atoms with Crippen LogP contribution in [0.5, 0.6) is 0 Å². The second-order valence-corrected chi connectivity index (χ2v) is 13.3. The summed E-state index contributed by atoms with van der Waals surface area (Å²) in [7, 11) is 0. The van der Waals surface area contributed by atoms with E-state index in [0.717, 1.165) is 25.7 Å². The van der Waals surface area contributed by atoms with Crippen LogP contribution in [0.15, 0.2) is 6.20 Å². The summed E-state index contributed by atoms with van der Waals surface area (Å²) < 4.78 is 8.05. The minimum absolute atomic E-state index is 0.0776. The highest BCUT2D eigenvalue weighted by molar-refractivity contribution is 5.66. The maximum Gasteiger partial charge on any atom is 0.302 e. The largest absolute Gasteiger partial charge is 0.462 e. The van der Waals surface area contributed by atoms with Gasteiger partial charge >= 0.3 is 5.97 Å². The molecular weight excluding hydrogens is 438 g/mol. The Morgan fingerprint density at radius 2 is 1.83 bits per heavy atom. The number of rotatable bonds is 3. The fraction of sp³-hybridized carbons (Fsp3) is 0.897. The van der Waals surface area contributed by atoms with Crippen molar-refractivity contribution in [3.05, 3.63) is 11.9 Å². The van der Waals surface area contributed by atoms with Gasteiger partial charge in [0.15, 0.2) is 0 Å². The third kappa shape index (κ3) is 3.79. The maximum absolute atomic E-state index is 11.8. The molecule has 1 aromatic heterocycles. The van der Waals surface area contributed by atoms with Crippen molar-refractivity contribution in [2.24, 2.45) is 34.5 Å². The molecule has 6 heteroatoms. The summed E-state index contributed by atoms with van der Waals surface area (Å²) in [5, 5.41) is 20.4. The summed E-state index contributed by atoms with van der Waals surface area (Å²) in [6, 6.07) is 0.212. The summed E-state index contributed by atoms with van der Waals surface area (Å²) in [6.07, 6.45) is 17.2. The quantitative estimate of drug-likeness (QED) is 0.549. The van der Waals surface area contributed by atoms with Crippen molar-refractivity contribution in [1.82, 2.24) is 15.0 Å². The lowest BCUT2D eigenvalue weighted by atomic mass is 9.44. The van der Waals surface area contributed by atoms with Gasteiger partial charge in [-0.15, -0.1) is 5.10 Å². The van der Waals surface area contributed by atoms with Gasteiger partial charge in [-0.3, -0.25) is 4.79 Å². The number of esters is 1. The summed E-state index contributed by atoms with van der Waals surface area (Å²) in [4.78, 5) is 11.8. The number of nitrogens with zero attached hydrogens (tertiary/aromatic N) is 3. The minimum Gasteiger partial charge on any atom is -0.462 e. The number of carbonyl (C=O) groups is 1. The lowest BCUT2D eigenvalue weighted by Crippen LogP contribution is -2.58. The Hall–Kier alpha value is -1.43. The molecular formula is C29H45N3O3. The highest BCUT2D eigenvalue weighted by atomic mass is 16.5. The van der Waals surface area contributed by atoms with E-state index in [-0.39, 0.29) is 35.0 Å². The molecule has 35 heavy (non-hydrogen) atoms. The predicted octanol–water partition coefficient (Wildman–Crippen LogP) is 5.81. The first-order chi connectivity index (χ1) is 16.8. The molecule has 0 aromatic carbocycles. The molecule has 1 heterocycles. The molecule has 1 aromatic rings. The Labute approximate surface area is 210 Å². The molecule has 0 unspecified atom stereocenters. The fourth-order valence-corrected chi connectivity index (χ4v) is 10.1. The molecule has 6 rings (SSSR count). The lowest BCUT2D eigenvalue weighted by Gasteiger charge is -2.62. The molecule has 0 aliphatic heterocycles. The van der Waals surface area contributed by atoms with Gasteiger partial charge in [-0.05, 0) is 93.3 Å². The van der Waals surface area contributed by atoms with Gasteiger partial charge in [0.05, 0.1) is 17.8 Å². The van der Waals surface area contributed by atoms with Crippen LogP contribution in [-0.2, 0) is 9.53 Å². The first-order valence-corrected chi connectivity index (χ1v) is 14.6. The number of aromatic nitrogens is 3. The molecule has 5 fully saturated rings. The monoisotopic (exact) mass is 483 g/mol. The Balaban J connectivity index is 1.30. The normalized spacial score (nSPS) is 45.9. The maximum atomic E-state index is 11.8. The van der Waals surface area contributed by atoms with Crippen molar-refractivity contribution >= 4 is 5.97 Å². The summed E-state index contributed by atoms with van der Waals surface area (Å²) in [5.41, 5.74) is 1.41. The Kier molecular flexibility index (Phi) is 6.05. The zero-order chi connectivity index (χ0) is 24.4. The van der Waals surface area contributed by atoms with E-state index in [0.29, 0.717) is 29.6 Å². The van der Waals surface area contributed by atoms with Crippen molar-refractivity contribution in [3.8, 4) is 0 Å². The van der Waals surface area contributed by atoms with Crippen LogP contribution in [0.1, 0.15) is 122 Å². The van der Waals surface area contributed by atoms with Crippen LogP contribution >= 0.6 is 0 Å². The molecule has 0 bridgehead atoms. The molecule has 5 saturated carbocycles. The van der Waals surface area contributed by atoms with Gasteiger partial charge in [0.1, 0.15) is 6.10 Å². The molecule has 5 aliphatic rings. The van der Waals surface area contributed by atoms with Gasteiger partial charge in [0, 0.05) is 24.5 Å². The van der Waals surface area contributed by atoms with Crippen LogP contribution in [0.4, 0.5) is 0 Å². The Morgan fingerprint density at radius 1 is 1.03 bits per heavy atom. The van der Waals surface area contributed by atoms with Gasteiger partial charge in [-0.25, -0.2) is 4.68 Å². The number of ether oxygens (including phenoxy) is 1. The van der Waals surface area contributed by atoms with E-state index in [1.165, 1.54) is 63.5 Å². The first kappa shape index (κ1) is 23.9. The second kappa shape index (κ2) is 8.85. The van der Waals surface area contributed by atoms with Gasteiger partial charge in [-0.1, -0.05) is 38.3 Å². The first-order valence-electron chi connectivity index (χ1n) is 14.6. The number of hydrogen-bond acceptors (Lipinski definition) is 5. The van der Waals surface area contributed by atoms with Crippen LogP contribution in [0.3, 0.4) is 0 Å². The average Bonchev–Trinajstić information content (AvgIpc) is 3.45. The fourth-order valence-electron chi connectivity index (χ4n) is 10.1. The summed E-state index contributed by atoms with van der Waals surface area (Å²) in [6.45, 7) is 6.50. The van der Waals surface area contributed by atoms with E-state index in [2.05, 4.69) is 24.7 Å². The van der Waals surface area contributed by atoms with Gasteiger partial charge in [0.25, 0.3) is 0 Å². The van der Waals surface area contributed by atoms with Gasteiger partial charge < -0.3 is 9.84 Å². The van der Waals surface area contributed by atoms with Crippen LogP contribution in [-0.4, -0.2) is 38.3 Å². The SMILES string of the molecule is CC(=O)O[C@H]1CC[C@H]2[C@@H]3CC[C@H]4C[C@@H](O)C[C@H](n5cc(C6CCCCC6)nn5)[C@]4(C)[C@H]3CC[C@]12C. The topological polar surface area (TPSA) is 77.2 Å². The van der Waals surface area contributed by atoms with Crippen molar-refractivity contribution in [3.63, 3.8) is 0 Å². The molecule has 1 N–H and O–H groups in total. The number of aliphatic hydroxyl groups is 1. The molecule has 0 spiro atoms. The Morgan fingerprint density at radius 3 is 2.60 bits per heavy atom. The molecule has 0 radical (unpaired) electrons. The van der Waals surface area contributed by atoms with Gasteiger partial charge in [0.2, 0.25) is 0 Å². The smallest absolute Gasteiger partial charge is 0.302 e. The lowest BCUT2D eigenvalue weighted by molar-refractivity contribution is -0.171. The molecule has 6 nitrogen and oxygen atoms in total. The van der Waals surface area contributed by atoms with Crippen LogP contribution < -0.4 is 0 Å². The van der Waals surface area contributed by atoms with E-state index in [4.69, 9.17) is 15.0 Å². The van der Waals surface area contributed by atoms with E-state index in [9.17, 15) is 9.90 Å². The Bertz CT molecular complexity index is 941. The van der Waals surface area contributed by atoms with Crippen molar-refractivity contribution in [2.45, 2.75) is 128 Å². The number of aliphatic hydroxyl groups excluding tert-OH is 1. The summed E-state index contributed by atoms with van der Waals surface area (Å²) in [5.74, 6) is 2.90. The van der Waals surface area contributed by atoms with Crippen molar-refractivity contribution in [2.75, 3.05) is 0 Å². The van der Waals surface area contributed by atoms with Crippen LogP contribution in [0.25, 0.3) is 0 Å². The standard InChI is InChI=1S/C29H45N3O3/c1-18(33)35-27-12-11-23-22-10-9-20-15-21(34)16-26(29(20,3)24(22)13-14-28(23,27)2)32-17-25(30-31-32)19-7-5-4-6-8-19/h17,19-24,26-27,34H,4-16H2,1-3H3/t20-,21+,22-,23-,24-,26-,27-,28-,29-/m0/s1. The van der Waals surface area contributed by atoms with Gasteiger partial charge in [-0.2, -0.15) is 0 Å². The number of carbonyl (C=O) groups excluding carboxylic acids is 1. The number of hydrogen-bond donors (Lipinski definition) is 1. The van der Waals surface area contributed by atoms with E-state index >= 15 is 0 Å². The molecule has 194 valence electrons. The summed E-state index contributed by atoms with van der Waals surface area (Å²) >= 11 is 0. The molecule has 0 amide bonds. The van der Waals surface area contributed by atoms with E-state index in [1.807, 2.05) is 0 Å². The van der Waals surface area contributed by atoms with E-state index in [1.54, 1.807) is 6.92 Å².